The molecule has 21 heavy (non-hydrogen) atoms. The summed E-state index contributed by atoms with van der Waals surface area (Å²) < 4.78 is 5.43. The number of rotatable bonds is 7. The Morgan fingerprint density at radius 2 is 2.00 bits per heavy atom. The number of hydrogen-bond donors (Lipinski definition) is 1. The lowest BCUT2D eigenvalue weighted by molar-refractivity contribution is -0.143. The summed E-state index contributed by atoms with van der Waals surface area (Å²) in [6, 6.07) is 6.92. The van der Waals surface area contributed by atoms with Gasteiger partial charge in [0.05, 0.1) is 5.92 Å². The smallest absolute Gasteiger partial charge is 0.308 e. The molecule has 1 saturated carbocycles. The molecule has 0 aliphatic heterocycles. The van der Waals surface area contributed by atoms with E-state index >= 15 is 0 Å². The summed E-state index contributed by atoms with van der Waals surface area (Å²) in [4.78, 5) is 24.8. The van der Waals surface area contributed by atoms with Crippen molar-refractivity contribution in [2.45, 2.75) is 25.8 Å². The van der Waals surface area contributed by atoms with E-state index in [1.807, 2.05) is 0 Å². The highest BCUT2D eigenvalue weighted by atomic mass is 35.5. The van der Waals surface area contributed by atoms with E-state index in [-0.39, 0.29) is 25.1 Å². The van der Waals surface area contributed by atoms with Crippen molar-refractivity contribution >= 4 is 23.5 Å². The van der Waals surface area contributed by atoms with Crippen LogP contribution in [0, 0.1) is 5.92 Å². The number of carbonyl (C=O) groups is 2. The van der Waals surface area contributed by atoms with Crippen molar-refractivity contribution in [1.82, 2.24) is 4.90 Å². The van der Waals surface area contributed by atoms with Gasteiger partial charge in [0, 0.05) is 17.6 Å². The summed E-state index contributed by atoms with van der Waals surface area (Å²) >= 11 is 5.78. The second-order valence-electron chi connectivity index (χ2n) is 5.26. The molecule has 0 saturated heterocycles. The zero-order valence-corrected chi connectivity index (χ0v) is 12.5. The summed E-state index contributed by atoms with van der Waals surface area (Å²) in [6.07, 6.45) is 1.86. The highest BCUT2D eigenvalue weighted by Crippen LogP contribution is 2.28. The Balaban J connectivity index is 1.89. The van der Waals surface area contributed by atoms with Gasteiger partial charge in [0.15, 0.2) is 6.61 Å². The Morgan fingerprint density at radius 3 is 2.52 bits per heavy atom. The molecule has 1 atom stereocenters. The Bertz CT molecular complexity index is 513. The fraction of sp³-hybridized carbons (Fsp3) is 0.467. The van der Waals surface area contributed by atoms with E-state index in [1.165, 1.54) is 0 Å². The van der Waals surface area contributed by atoms with E-state index in [1.54, 1.807) is 36.1 Å². The molecule has 1 N–H and O–H groups in total. The lowest BCUT2D eigenvalue weighted by Crippen LogP contribution is -2.41. The van der Waals surface area contributed by atoms with Gasteiger partial charge >= 0.3 is 5.97 Å². The van der Waals surface area contributed by atoms with Crippen LogP contribution in [0.5, 0.6) is 5.75 Å². The molecule has 114 valence electrons. The third kappa shape index (κ3) is 4.63. The number of amides is 1. The van der Waals surface area contributed by atoms with E-state index < -0.39 is 11.9 Å². The number of aliphatic carboxylic acids is 1. The lowest BCUT2D eigenvalue weighted by Gasteiger charge is -2.24. The Kier molecular flexibility index (Phi) is 5.07. The van der Waals surface area contributed by atoms with Crippen LogP contribution in [0.3, 0.4) is 0 Å². The highest BCUT2D eigenvalue weighted by Gasteiger charge is 2.34. The normalized spacial score (nSPS) is 15.3. The third-order valence-electron chi connectivity index (χ3n) is 3.38. The van der Waals surface area contributed by atoms with Gasteiger partial charge in [-0.05, 0) is 37.1 Å². The standard InChI is InChI=1S/C15H18ClNO4/c1-10(15(19)20)8-17(12-4-5-12)14(18)9-21-13-6-2-11(16)3-7-13/h2-3,6-7,10,12H,4-5,8-9H2,1H3,(H,19,20). The molecule has 5 nitrogen and oxygen atoms in total. The number of nitrogens with zero attached hydrogens (tertiary/aromatic N) is 1. The first-order chi connectivity index (χ1) is 9.97. The lowest BCUT2D eigenvalue weighted by atomic mass is 10.1. The van der Waals surface area contributed by atoms with Crippen LogP contribution in [0.2, 0.25) is 5.02 Å². The Labute approximate surface area is 128 Å². The summed E-state index contributed by atoms with van der Waals surface area (Å²) in [5.74, 6) is -1.09. The average molecular weight is 312 g/mol. The zero-order chi connectivity index (χ0) is 15.4. The quantitative estimate of drug-likeness (QED) is 0.840. The van der Waals surface area contributed by atoms with Crippen molar-refractivity contribution in [3.05, 3.63) is 29.3 Å². The van der Waals surface area contributed by atoms with Crippen LogP contribution in [0.25, 0.3) is 0 Å². The molecule has 1 amide bonds. The Morgan fingerprint density at radius 1 is 1.38 bits per heavy atom. The number of carboxylic acids is 1. The van der Waals surface area contributed by atoms with Crippen LogP contribution in [-0.4, -0.2) is 41.1 Å². The van der Waals surface area contributed by atoms with Crippen molar-refractivity contribution in [3.8, 4) is 5.75 Å². The maximum absolute atomic E-state index is 12.2. The molecule has 1 aliphatic carbocycles. The van der Waals surface area contributed by atoms with Gasteiger partial charge in [0.2, 0.25) is 0 Å². The first-order valence-electron chi connectivity index (χ1n) is 6.88. The molecule has 0 spiro atoms. The van der Waals surface area contributed by atoms with Gasteiger partial charge in [-0.1, -0.05) is 18.5 Å². The van der Waals surface area contributed by atoms with Crippen molar-refractivity contribution in [2.75, 3.05) is 13.2 Å². The molecule has 6 heteroatoms. The number of ether oxygens (including phenoxy) is 1. The number of carboxylic acid groups (broad SMARTS) is 1. The number of benzene rings is 1. The molecule has 1 aromatic carbocycles. The first-order valence-corrected chi connectivity index (χ1v) is 7.26. The SMILES string of the molecule is CC(CN(C(=O)COc1ccc(Cl)cc1)C1CC1)C(=O)O. The van der Waals surface area contributed by atoms with Crippen molar-refractivity contribution < 1.29 is 19.4 Å². The summed E-state index contributed by atoms with van der Waals surface area (Å²) in [5, 5.41) is 9.57. The van der Waals surface area contributed by atoms with Crippen molar-refractivity contribution in [3.63, 3.8) is 0 Å². The Hall–Kier alpha value is -1.75. The van der Waals surface area contributed by atoms with Crippen molar-refractivity contribution in [2.24, 2.45) is 5.92 Å². The molecule has 0 heterocycles. The predicted octanol–water partition coefficient (Wildman–Crippen LogP) is 2.43. The zero-order valence-electron chi connectivity index (χ0n) is 11.8. The van der Waals surface area contributed by atoms with Gasteiger partial charge < -0.3 is 14.7 Å². The first kappa shape index (κ1) is 15.6. The van der Waals surface area contributed by atoms with Gasteiger partial charge in [0.25, 0.3) is 5.91 Å². The van der Waals surface area contributed by atoms with Crippen LogP contribution in [-0.2, 0) is 9.59 Å². The molecule has 0 bridgehead atoms. The summed E-state index contributed by atoms with van der Waals surface area (Å²) in [7, 11) is 0. The summed E-state index contributed by atoms with van der Waals surface area (Å²) in [5.41, 5.74) is 0. The largest absolute Gasteiger partial charge is 0.484 e. The molecule has 2 rings (SSSR count). The molecule has 1 aromatic rings. The third-order valence-corrected chi connectivity index (χ3v) is 3.63. The number of hydrogen-bond acceptors (Lipinski definition) is 3. The number of carbonyl (C=O) groups excluding carboxylic acids is 1. The van der Waals surface area contributed by atoms with E-state index in [4.69, 9.17) is 21.4 Å². The second kappa shape index (κ2) is 6.80. The van der Waals surface area contributed by atoms with Crippen LogP contribution >= 0.6 is 11.6 Å². The maximum atomic E-state index is 12.2. The maximum Gasteiger partial charge on any atom is 0.308 e. The second-order valence-corrected chi connectivity index (χ2v) is 5.70. The van der Waals surface area contributed by atoms with Gasteiger partial charge in [0.1, 0.15) is 5.75 Å². The fourth-order valence-corrected chi connectivity index (χ4v) is 2.10. The highest BCUT2D eigenvalue weighted by molar-refractivity contribution is 6.30. The number of halogens is 1. The predicted molar refractivity (Wildman–Crippen MR) is 78.5 cm³/mol. The molecule has 0 radical (unpaired) electrons. The summed E-state index contributed by atoms with van der Waals surface area (Å²) in [6.45, 7) is 1.73. The monoisotopic (exact) mass is 311 g/mol. The van der Waals surface area contributed by atoms with E-state index in [9.17, 15) is 9.59 Å². The van der Waals surface area contributed by atoms with Gasteiger partial charge in [-0.3, -0.25) is 9.59 Å². The van der Waals surface area contributed by atoms with Gasteiger partial charge in [-0.15, -0.1) is 0 Å². The molecular weight excluding hydrogens is 294 g/mol. The average Bonchev–Trinajstić information content (AvgIpc) is 3.28. The van der Waals surface area contributed by atoms with Gasteiger partial charge in [-0.25, -0.2) is 0 Å². The van der Waals surface area contributed by atoms with E-state index in [2.05, 4.69) is 0 Å². The minimum Gasteiger partial charge on any atom is -0.484 e. The molecular formula is C15H18ClNO4. The van der Waals surface area contributed by atoms with Crippen LogP contribution in [0.15, 0.2) is 24.3 Å². The van der Waals surface area contributed by atoms with Crippen LogP contribution < -0.4 is 4.74 Å². The van der Waals surface area contributed by atoms with E-state index in [0.29, 0.717) is 10.8 Å². The topological polar surface area (TPSA) is 66.8 Å². The molecule has 1 unspecified atom stereocenters. The fourth-order valence-electron chi connectivity index (χ4n) is 1.97. The minimum absolute atomic E-state index is 0.0928. The van der Waals surface area contributed by atoms with Crippen LogP contribution in [0.1, 0.15) is 19.8 Å². The molecule has 1 aliphatic rings. The minimum atomic E-state index is -0.896. The van der Waals surface area contributed by atoms with Crippen molar-refractivity contribution in [1.29, 1.82) is 0 Å². The molecule has 0 aromatic heterocycles. The van der Waals surface area contributed by atoms with Crippen LogP contribution in [0.4, 0.5) is 0 Å². The molecule has 1 fully saturated rings. The van der Waals surface area contributed by atoms with E-state index in [0.717, 1.165) is 12.8 Å². The van der Waals surface area contributed by atoms with Gasteiger partial charge in [-0.2, -0.15) is 0 Å².